The van der Waals surface area contributed by atoms with Crippen molar-refractivity contribution >= 4 is 46.5 Å². The molecule has 0 bridgehead atoms. The molecule has 2 aromatic heterocycles. The van der Waals surface area contributed by atoms with Crippen molar-refractivity contribution in [3.8, 4) is 5.88 Å². The van der Waals surface area contributed by atoms with E-state index >= 15 is 0 Å². The Labute approximate surface area is 201 Å². The van der Waals surface area contributed by atoms with Gasteiger partial charge in [-0.1, -0.05) is 40.9 Å². The summed E-state index contributed by atoms with van der Waals surface area (Å²) in [6, 6.07) is 12.4. The van der Waals surface area contributed by atoms with Crippen LogP contribution in [0.25, 0.3) is 0 Å². The van der Waals surface area contributed by atoms with Crippen LogP contribution in [0.1, 0.15) is 28.3 Å². The molecular formula is C23H21Cl3N4O2. The van der Waals surface area contributed by atoms with Crippen LogP contribution in [0.15, 0.2) is 54.9 Å². The third-order valence-electron chi connectivity index (χ3n) is 5.57. The van der Waals surface area contributed by atoms with Crippen molar-refractivity contribution in [3.05, 3.63) is 81.1 Å². The lowest BCUT2D eigenvalue weighted by atomic mass is 9.87. The fraction of sp³-hybridized carbons (Fsp3) is 0.261. The Morgan fingerprint density at radius 2 is 1.88 bits per heavy atom. The molecule has 0 spiro atoms. The van der Waals surface area contributed by atoms with Gasteiger partial charge in [-0.15, -0.1) is 0 Å². The van der Waals surface area contributed by atoms with Gasteiger partial charge in [-0.2, -0.15) is 0 Å². The van der Waals surface area contributed by atoms with Crippen molar-refractivity contribution in [2.24, 2.45) is 5.92 Å². The van der Waals surface area contributed by atoms with Crippen molar-refractivity contribution in [2.45, 2.75) is 12.3 Å². The molecule has 0 saturated carbocycles. The first-order valence-electron chi connectivity index (χ1n) is 10.1. The van der Waals surface area contributed by atoms with E-state index in [0.717, 1.165) is 12.0 Å². The van der Waals surface area contributed by atoms with Gasteiger partial charge in [0.15, 0.2) is 0 Å². The monoisotopic (exact) mass is 490 g/mol. The number of amides is 1. The molecule has 3 aromatic rings. The number of benzene rings is 1. The van der Waals surface area contributed by atoms with Crippen LogP contribution in [0.4, 0.5) is 5.82 Å². The van der Waals surface area contributed by atoms with Crippen molar-refractivity contribution in [3.63, 3.8) is 0 Å². The summed E-state index contributed by atoms with van der Waals surface area (Å²) in [4.78, 5) is 23.1. The lowest BCUT2D eigenvalue weighted by molar-refractivity contribution is 0.0784. The number of halogens is 3. The van der Waals surface area contributed by atoms with Crippen LogP contribution in [0.3, 0.4) is 0 Å². The normalized spacial score (nSPS) is 18.0. The van der Waals surface area contributed by atoms with E-state index in [2.05, 4.69) is 9.97 Å². The van der Waals surface area contributed by atoms with E-state index < -0.39 is 0 Å². The molecule has 2 N–H and O–H groups in total. The minimum absolute atomic E-state index is 0.0784. The summed E-state index contributed by atoms with van der Waals surface area (Å²) in [6.45, 7) is 1.61. The molecule has 4 rings (SSSR count). The molecule has 0 radical (unpaired) electrons. The lowest BCUT2D eigenvalue weighted by Gasteiger charge is -2.19. The number of pyridine rings is 2. The molecule has 9 heteroatoms. The smallest absolute Gasteiger partial charge is 0.255 e. The van der Waals surface area contributed by atoms with Crippen molar-refractivity contribution < 1.29 is 9.53 Å². The average Bonchev–Trinajstić information content (AvgIpc) is 3.21. The number of nitrogens with zero attached hydrogens (tertiary/aromatic N) is 3. The van der Waals surface area contributed by atoms with E-state index in [9.17, 15) is 4.79 Å². The molecular weight excluding hydrogens is 471 g/mol. The van der Waals surface area contributed by atoms with Crippen LogP contribution in [0, 0.1) is 5.92 Å². The van der Waals surface area contributed by atoms with E-state index in [1.165, 1.54) is 6.20 Å². The van der Waals surface area contributed by atoms with Gasteiger partial charge < -0.3 is 15.4 Å². The summed E-state index contributed by atoms with van der Waals surface area (Å²) in [6.07, 6.45) is 3.79. The standard InChI is InChI=1S/C23H21Cl3N4O2/c24-17-3-6-22(29-11-17)32-8-7-16-12-30(23(31)15-2-5-21(27)28-10-15)13-18(16)14-1-4-19(25)20(26)9-14/h1-6,9-11,16,18H,7-8,12-13H2,(H2,27,28). The Bertz CT molecular complexity index is 1090. The lowest BCUT2D eigenvalue weighted by Crippen LogP contribution is -2.29. The van der Waals surface area contributed by atoms with Gasteiger partial charge in [0.25, 0.3) is 5.91 Å². The van der Waals surface area contributed by atoms with E-state index in [4.69, 9.17) is 45.3 Å². The van der Waals surface area contributed by atoms with Gasteiger partial charge >= 0.3 is 0 Å². The number of anilines is 1. The zero-order valence-electron chi connectivity index (χ0n) is 17.0. The Hall–Kier alpha value is -2.54. The molecule has 1 aliphatic rings. The van der Waals surface area contributed by atoms with Crippen molar-refractivity contribution in [1.82, 2.24) is 14.9 Å². The summed E-state index contributed by atoms with van der Waals surface area (Å²) < 4.78 is 5.80. The minimum atomic E-state index is -0.0784. The first-order chi connectivity index (χ1) is 15.4. The molecule has 1 amide bonds. The van der Waals surface area contributed by atoms with Gasteiger partial charge in [0.05, 0.1) is 27.2 Å². The van der Waals surface area contributed by atoms with Crippen LogP contribution in [-0.2, 0) is 0 Å². The highest BCUT2D eigenvalue weighted by molar-refractivity contribution is 6.42. The van der Waals surface area contributed by atoms with Crippen LogP contribution >= 0.6 is 34.8 Å². The third kappa shape index (κ3) is 5.26. The molecule has 1 saturated heterocycles. The summed E-state index contributed by atoms with van der Waals surface area (Å²) in [5, 5.41) is 1.55. The molecule has 1 aliphatic heterocycles. The Morgan fingerprint density at radius 1 is 1.03 bits per heavy atom. The molecule has 1 aromatic carbocycles. The van der Waals surface area contributed by atoms with Gasteiger partial charge in [-0.3, -0.25) is 4.79 Å². The number of carbonyl (C=O) groups excluding carboxylic acids is 1. The maximum atomic E-state index is 13.1. The van der Waals surface area contributed by atoms with Gasteiger partial charge in [-0.05, 0) is 48.2 Å². The third-order valence-corrected chi connectivity index (χ3v) is 6.53. The van der Waals surface area contributed by atoms with Gasteiger partial charge in [0, 0.05) is 37.5 Å². The fourth-order valence-electron chi connectivity index (χ4n) is 3.93. The van der Waals surface area contributed by atoms with Crippen LogP contribution < -0.4 is 10.5 Å². The van der Waals surface area contributed by atoms with E-state index in [0.29, 0.717) is 52.0 Å². The number of ether oxygens (including phenoxy) is 1. The Balaban J connectivity index is 1.50. The molecule has 0 aliphatic carbocycles. The molecule has 32 heavy (non-hydrogen) atoms. The Kier molecular flexibility index (Phi) is 7.04. The van der Waals surface area contributed by atoms with Gasteiger partial charge in [-0.25, -0.2) is 9.97 Å². The second kappa shape index (κ2) is 9.94. The van der Waals surface area contributed by atoms with E-state index in [-0.39, 0.29) is 17.7 Å². The highest BCUT2D eigenvalue weighted by Crippen LogP contribution is 2.37. The molecule has 3 heterocycles. The second-order valence-corrected chi connectivity index (χ2v) is 8.92. The van der Waals surface area contributed by atoms with Crippen LogP contribution in [0.5, 0.6) is 5.88 Å². The quantitative estimate of drug-likeness (QED) is 0.503. The maximum Gasteiger partial charge on any atom is 0.255 e. The topological polar surface area (TPSA) is 81.3 Å². The number of hydrogen-bond acceptors (Lipinski definition) is 5. The highest BCUT2D eigenvalue weighted by atomic mass is 35.5. The minimum Gasteiger partial charge on any atom is -0.478 e. The molecule has 1 fully saturated rings. The summed E-state index contributed by atoms with van der Waals surface area (Å²) in [5.74, 6) is 1.08. The van der Waals surface area contributed by atoms with E-state index in [1.54, 1.807) is 36.5 Å². The average molecular weight is 492 g/mol. The van der Waals surface area contributed by atoms with Crippen LogP contribution in [0.2, 0.25) is 15.1 Å². The largest absolute Gasteiger partial charge is 0.478 e. The van der Waals surface area contributed by atoms with Crippen molar-refractivity contribution in [1.29, 1.82) is 0 Å². The zero-order valence-corrected chi connectivity index (χ0v) is 19.3. The number of likely N-dealkylation sites (tertiary alicyclic amines) is 1. The SMILES string of the molecule is Nc1ccc(C(=O)N2CC(CCOc3ccc(Cl)cn3)C(c3ccc(Cl)c(Cl)c3)C2)cn1. The number of nitrogen functional groups attached to an aromatic ring is 1. The predicted molar refractivity (Wildman–Crippen MR) is 127 cm³/mol. The summed E-state index contributed by atoms with van der Waals surface area (Å²) in [7, 11) is 0. The van der Waals surface area contributed by atoms with Gasteiger partial charge in [0.1, 0.15) is 5.82 Å². The Morgan fingerprint density at radius 3 is 2.56 bits per heavy atom. The fourth-order valence-corrected chi connectivity index (χ4v) is 4.35. The van der Waals surface area contributed by atoms with E-state index in [1.807, 2.05) is 17.0 Å². The zero-order chi connectivity index (χ0) is 22.7. The molecule has 2 atom stereocenters. The molecule has 6 nitrogen and oxygen atoms in total. The number of nitrogens with two attached hydrogens (primary N) is 1. The van der Waals surface area contributed by atoms with Gasteiger partial charge in [0.2, 0.25) is 5.88 Å². The number of rotatable bonds is 6. The summed E-state index contributed by atoms with van der Waals surface area (Å²) in [5.41, 5.74) is 7.20. The first-order valence-corrected chi connectivity index (χ1v) is 11.2. The maximum absolute atomic E-state index is 13.1. The molecule has 2 unspecified atom stereocenters. The van der Waals surface area contributed by atoms with Crippen LogP contribution in [-0.4, -0.2) is 40.5 Å². The second-order valence-electron chi connectivity index (χ2n) is 7.67. The first kappa shape index (κ1) is 22.6. The number of hydrogen-bond donors (Lipinski definition) is 1. The highest BCUT2D eigenvalue weighted by Gasteiger charge is 2.36. The molecule has 166 valence electrons. The predicted octanol–water partition coefficient (Wildman–Crippen LogP) is 5.34. The summed E-state index contributed by atoms with van der Waals surface area (Å²) >= 11 is 18.3. The number of carbonyl (C=O) groups is 1. The van der Waals surface area contributed by atoms with Crippen molar-refractivity contribution in [2.75, 3.05) is 25.4 Å². The number of aromatic nitrogens is 2.